The molecule has 4 heteroatoms. The van der Waals surface area contributed by atoms with Crippen molar-refractivity contribution < 1.29 is 4.74 Å². The van der Waals surface area contributed by atoms with Gasteiger partial charge in [-0.3, -0.25) is 0 Å². The third kappa shape index (κ3) is 4.73. The minimum atomic E-state index is -0.179. The van der Waals surface area contributed by atoms with Crippen molar-refractivity contribution >= 4 is 27.5 Å². The minimum absolute atomic E-state index is 0.179. The molecule has 0 aliphatic heterocycles. The quantitative estimate of drug-likeness (QED) is 0.715. The maximum absolute atomic E-state index is 6.35. The molecule has 0 amide bonds. The van der Waals surface area contributed by atoms with Crippen LogP contribution in [0.5, 0.6) is 0 Å². The second kappa shape index (κ2) is 8.38. The highest BCUT2D eigenvalue weighted by Gasteiger charge is 2.33. The normalized spacial score (nSPS) is 15.9. The van der Waals surface area contributed by atoms with Crippen LogP contribution >= 0.6 is 27.5 Å². The van der Waals surface area contributed by atoms with Gasteiger partial charge in [-0.1, -0.05) is 47.4 Å². The lowest BCUT2D eigenvalue weighted by Crippen LogP contribution is -2.51. The van der Waals surface area contributed by atoms with Gasteiger partial charge in [0.25, 0.3) is 0 Å². The molecule has 1 N–H and O–H groups in total. The summed E-state index contributed by atoms with van der Waals surface area (Å²) in [6.07, 6.45) is 1.83. The summed E-state index contributed by atoms with van der Waals surface area (Å²) >= 11 is 9.79. The molecule has 1 rings (SSSR count). The molecule has 1 aromatic carbocycles. The highest BCUT2D eigenvalue weighted by Crippen LogP contribution is 2.27. The molecule has 0 aliphatic carbocycles. The molecule has 0 aliphatic rings. The zero-order chi connectivity index (χ0) is 15.2. The van der Waals surface area contributed by atoms with Gasteiger partial charge < -0.3 is 10.1 Å². The van der Waals surface area contributed by atoms with Crippen molar-refractivity contribution in [2.45, 2.75) is 52.2 Å². The molecule has 0 bridgehead atoms. The van der Waals surface area contributed by atoms with Crippen molar-refractivity contribution in [2.75, 3.05) is 13.2 Å². The molecular formula is C16H25BrClNO. The topological polar surface area (TPSA) is 21.3 Å². The van der Waals surface area contributed by atoms with Crippen LogP contribution < -0.4 is 5.32 Å². The minimum Gasteiger partial charge on any atom is -0.374 e. The Bertz CT molecular complexity index is 427. The molecule has 0 aromatic heterocycles. The van der Waals surface area contributed by atoms with Crippen LogP contribution in [0.1, 0.15) is 39.7 Å². The number of rotatable bonds is 8. The summed E-state index contributed by atoms with van der Waals surface area (Å²) in [6, 6.07) is 6.31. The lowest BCUT2D eigenvalue weighted by molar-refractivity contribution is -0.0546. The summed E-state index contributed by atoms with van der Waals surface area (Å²) in [6.45, 7) is 10.2. The zero-order valence-electron chi connectivity index (χ0n) is 12.8. The van der Waals surface area contributed by atoms with Gasteiger partial charge in [0.1, 0.15) is 0 Å². The van der Waals surface area contributed by atoms with Crippen molar-refractivity contribution in [3.8, 4) is 0 Å². The van der Waals surface area contributed by atoms with Gasteiger partial charge in [0.05, 0.1) is 5.60 Å². The van der Waals surface area contributed by atoms with Crippen LogP contribution in [0, 0.1) is 0 Å². The van der Waals surface area contributed by atoms with Crippen LogP contribution in [0.15, 0.2) is 22.7 Å². The summed E-state index contributed by atoms with van der Waals surface area (Å²) in [4.78, 5) is 0. The number of likely N-dealkylation sites (N-methyl/N-ethyl adjacent to an activating group) is 1. The summed E-state index contributed by atoms with van der Waals surface area (Å²) in [5, 5.41) is 4.36. The smallest absolute Gasteiger partial charge is 0.0807 e. The molecule has 2 unspecified atom stereocenters. The monoisotopic (exact) mass is 361 g/mol. The van der Waals surface area contributed by atoms with Gasteiger partial charge in [0.2, 0.25) is 0 Å². The molecule has 0 saturated carbocycles. The van der Waals surface area contributed by atoms with Crippen molar-refractivity contribution in [3.05, 3.63) is 33.3 Å². The molecule has 0 radical (unpaired) electrons. The summed E-state index contributed by atoms with van der Waals surface area (Å²) in [5.41, 5.74) is 0.974. The largest absolute Gasteiger partial charge is 0.374 e. The molecule has 0 spiro atoms. The maximum Gasteiger partial charge on any atom is 0.0807 e. The molecule has 20 heavy (non-hydrogen) atoms. The number of nitrogens with one attached hydrogen (secondary N) is 1. The molecule has 2 atom stereocenters. The van der Waals surface area contributed by atoms with E-state index in [4.69, 9.17) is 16.3 Å². The van der Waals surface area contributed by atoms with Gasteiger partial charge in [-0.05, 0) is 50.9 Å². The third-order valence-corrected chi connectivity index (χ3v) is 4.65. The molecule has 0 fully saturated rings. The molecule has 0 saturated heterocycles. The van der Waals surface area contributed by atoms with E-state index >= 15 is 0 Å². The Morgan fingerprint density at radius 3 is 2.55 bits per heavy atom. The van der Waals surface area contributed by atoms with Crippen LogP contribution in [0.2, 0.25) is 5.02 Å². The summed E-state index contributed by atoms with van der Waals surface area (Å²) in [5.74, 6) is 0. The number of halogens is 2. The first-order chi connectivity index (χ1) is 9.46. The van der Waals surface area contributed by atoms with Crippen LogP contribution in [-0.2, 0) is 11.2 Å². The van der Waals surface area contributed by atoms with Crippen LogP contribution in [-0.4, -0.2) is 24.8 Å². The molecule has 0 heterocycles. The standard InChI is InChI=1S/C16H25BrClNO/c1-5-16(4,20-7-3)15(19-6-2)10-12-8-9-13(17)11-14(12)18/h8-9,11,15,19H,5-7,10H2,1-4H3. The zero-order valence-corrected chi connectivity index (χ0v) is 15.1. The van der Waals surface area contributed by atoms with E-state index in [0.29, 0.717) is 0 Å². The second-order valence-corrected chi connectivity index (χ2v) is 6.47. The summed E-state index contributed by atoms with van der Waals surface area (Å²) in [7, 11) is 0. The fraction of sp³-hybridized carbons (Fsp3) is 0.625. The second-order valence-electron chi connectivity index (χ2n) is 5.15. The van der Waals surface area contributed by atoms with Gasteiger partial charge in [-0.2, -0.15) is 0 Å². The molecular weight excluding hydrogens is 338 g/mol. The Labute approximate surface area is 136 Å². The number of hydrogen-bond acceptors (Lipinski definition) is 2. The van der Waals surface area contributed by atoms with Crippen molar-refractivity contribution in [1.82, 2.24) is 5.32 Å². The number of hydrogen-bond donors (Lipinski definition) is 1. The molecule has 1 aromatic rings. The number of ether oxygens (including phenoxy) is 1. The predicted molar refractivity (Wildman–Crippen MR) is 90.6 cm³/mol. The highest BCUT2D eigenvalue weighted by atomic mass is 79.9. The van der Waals surface area contributed by atoms with Crippen molar-refractivity contribution in [1.29, 1.82) is 0 Å². The first-order valence-corrected chi connectivity index (χ1v) is 8.45. The van der Waals surface area contributed by atoms with E-state index in [9.17, 15) is 0 Å². The van der Waals surface area contributed by atoms with Gasteiger partial charge in [-0.15, -0.1) is 0 Å². The fourth-order valence-electron chi connectivity index (χ4n) is 2.44. The third-order valence-electron chi connectivity index (χ3n) is 3.80. The van der Waals surface area contributed by atoms with E-state index in [1.807, 2.05) is 19.1 Å². The van der Waals surface area contributed by atoms with Crippen LogP contribution in [0.25, 0.3) is 0 Å². The Morgan fingerprint density at radius 2 is 2.05 bits per heavy atom. The van der Waals surface area contributed by atoms with E-state index in [-0.39, 0.29) is 11.6 Å². The van der Waals surface area contributed by atoms with E-state index in [1.165, 1.54) is 0 Å². The maximum atomic E-state index is 6.35. The predicted octanol–water partition coefficient (Wildman–Crippen LogP) is 4.83. The lowest BCUT2D eigenvalue weighted by atomic mass is 9.88. The Morgan fingerprint density at radius 1 is 1.35 bits per heavy atom. The van der Waals surface area contributed by atoms with Gasteiger partial charge in [-0.25, -0.2) is 0 Å². The first kappa shape index (κ1) is 18.0. The van der Waals surface area contributed by atoms with E-state index in [2.05, 4.69) is 48.1 Å². The SMILES string of the molecule is CCNC(Cc1ccc(Br)cc1Cl)C(C)(CC)OCC. The molecule has 2 nitrogen and oxygen atoms in total. The van der Waals surface area contributed by atoms with Gasteiger partial charge >= 0.3 is 0 Å². The van der Waals surface area contributed by atoms with Crippen molar-refractivity contribution in [2.24, 2.45) is 0 Å². The van der Waals surface area contributed by atoms with E-state index < -0.39 is 0 Å². The Balaban J connectivity index is 2.96. The number of benzene rings is 1. The first-order valence-electron chi connectivity index (χ1n) is 7.28. The Kier molecular flexibility index (Phi) is 7.52. The van der Waals surface area contributed by atoms with Gasteiger partial charge in [0, 0.05) is 22.1 Å². The van der Waals surface area contributed by atoms with Crippen molar-refractivity contribution in [3.63, 3.8) is 0 Å². The fourth-order valence-corrected chi connectivity index (χ4v) is 3.19. The van der Waals surface area contributed by atoms with Crippen LogP contribution in [0.3, 0.4) is 0 Å². The van der Waals surface area contributed by atoms with Gasteiger partial charge in [0.15, 0.2) is 0 Å². The Hall–Kier alpha value is -0.0900. The highest BCUT2D eigenvalue weighted by molar-refractivity contribution is 9.10. The average Bonchev–Trinajstić information content (AvgIpc) is 2.41. The van der Waals surface area contributed by atoms with E-state index in [1.54, 1.807) is 0 Å². The average molecular weight is 363 g/mol. The summed E-state index contributed by atoms with van der Waals surface area (Å²) < 4.78 is 7.02. The van der Waals surface area contributed by atoms with E-state index in [0.717, 1.165) is 41.1 Å². The van der Waals surface area contributed by atoms with Crippen LogP contribution in [0.4, 0.5) is 0 Å². The lowest BCUT2D eigenvalue weighted by Gasteiger charge is -2.37. The molecule has 114 valence electrons.